The zero-order valence-corrected chi connectivity index (χ0v) is 16.0. The van der Waals surface area contributed by atoms with Crippen LogP contribution in [0.5, 0.6) is 0 Å². The maximum absolute atomic E-state index is 4.76. The Morgan fingerprint density at radius 1 is 1.12 bits per heavy atom. The summed E-state index contributed by atoms with van der Waals surface area (Å²) in [5, 5.41) is 3.47. The molecular weight excluding hydrogens is 320 g/mol. The summed E-state index contributed by atoms with van der Waals surface area (Å²) in [5.41, 5.74) is 2.86. The summed E-state index contributed by atoms with van der Waals surface area (Å²) in [6.07, 6.45) is 10.6. The van der Waals surface area contributed by atoms with Crippen LogP contribution in [-0.4, -0.2) is 22.6 Å². The molecule has 138 valence electrons. The number of anilines is 2. The molecule has 4 nitrogen and oxygen atoms in total. The number of rotatable bonds is 8. The number of hydrogen-bond acceptors (Lipinski definition) is 4. The fourth-order valence-corrected chi connectivity index (χ4v) is 3.33. The van der Waals surface area contributed by atoms with Crippen LogP contribution >= 0.6 is 0 Å². The van der Waals surface area contributed by atoms with Gasteiger partial charge in [-0.3, -0.25) is 0 Å². The summed E-state index contributed by atoms with van der Waals surface area (Å²) in [7, 11) is 0. The van der Waals surface area contributed by atoms with Crippen LogP contribution in [0.15, 0.2) is 54.2 Å². The smallest absolute Gasteiger partial charge is 0.227 e. The van der Waals surface area contributed by atoms with Gasteiger partial charge in [0.2, 0.25) is 5.95 Å². The Bertz CT molecular complexity index is 709. The number of aromatic nitrogens is 2. The van der Waals surface area contributed by atoms with Crippen LogP contribution in [0.25, 0.3) is 0 Å². The van der Waals surface area contributed by atoms with Crippen molar-refractivity contribution in [1.82, 2.24) is 9.97 Å². The maximum Gasteiger partial charge on any atom is 0.227 e. The zero-order chi connectivity index (χ0) is 18.2. The third kappa shape index (κ3) is 5.32. The number of nitrogens with zero attached hydrogens (tertiary/aromatic N) is 3. The minimum absolute atomic E-state index is 0.331. The van der Waals surface area contributed by atoms with E-state index in [1.807, 2.05) is 18.3 Å². The van der Waals surface area contributed by atoms with Crippen molar-refractivity contribution in [3.8, 4) is 0 Å². The van der Waals surface area contributed by atoms with Crippen molar-refractivity contribution in [2.75, 3.05) is 16.8 Å². The van der Waals surface area contributed by atoms with Crippen LogP contribution in [0.3, 0.4) is 0 Å². The van der Waals surface area contributed by atoms with Gasteiger partial charge >= 0.3 is 0 Å². The third-order valence-corrected chi connectivity index (χ3v) is 4.86. The maximum atomic E-state index is 4.76. The molecule has 1 aromatic heterocycles. The summed E-state index contributed by atoms with van der Waals surface area (Å²) in [5.74, 6) is 1.69. The molecule has 1 aliphatic rings. The van der Waals surface area contributed by atoms with E-state index in [1.165, 1.54) is 31.2 Å². The molecular formula is C22H30N4. The van der Waals surface area contributed by atoms with Crippen molar-refractivity contribution in [3.63, 3.8) is 0 Å². The molecule has 1 aliphatic carbocycles. The van der Waals surface area contributed by atoms with E-state index in [1.54, 1.807) is 5.57 Å². The molecule has 26 heavy (non-hydrogen) atoms. The molecule has 0 unspecified atom stereocenters. The van der Waals surface area contributed by atoms with Crippen molar-refractivity contribution < 1.29 is 0 Å². The highest BCUT2D eigenvalue weighted by molar-refractivity contribution is 5.42. The molecule has 0 radical (unpaired) electrons. The second kappa shape index (κ2) is 9.37. The summed E-state index contributed by atoms with van der Waals surface area (Å²) >= 11 is 0. The average Bonchev–Trinajstić information content (AvgIpc) is 2.68. The van der Waals surface area contributed by atoms with E-state index < -0.39 is 0 Å². The lowest BCUT2D eigenvalue weighted by atomic mass is 9.97. The van der Waals surface area contributed by atoms with Gasteiger partial charge in [0.1, 0.15) is 5.82 Å². The number of hydrogen-bond donors (Lipinski definition) is 1. The molecule has 0 fully saturated rings. The molecule has 0 bridgehead atoms. The van der Waals surface area contributed by atoms with E-state index in [0.29, 0.717) is 6.04 Å². The summed E-state index contributed by atoms with van der Waals surface area (Å²) in [6, 6.07) is 12.8. The van der Waals surface area contributed by atoms with E-state index in [-0.39, 0.29) is 0 Å². The van der Waals surface area contributed by atoms with Gasteiger partial charge < -0.3 is 10.2 Å². The second-order valence-corrected chi connectivity index (χ2v) is 7.23. The Hall–Kier alpha value is -2.36. The van der Waals surface area contributed by atoms with Gasteiger partial charge in [-0.2, -0.15) is 4.98 Å². The fraction of sp³-hybridized carbons (Fsp3) is 0.455. The highest BCUT2D eigenvalue weighted by atomic mass is 15.3. The molecule has 1 heterocycles. The summed E-state index contributed by atoms with van der Waals surface area (Å²) < 4.78 is 0. The Morgan fingerprint density at radius 2 is 1.96 bits per heavy atom. The van der Waals surface area contributed by atoms with E-state index in [4.69, 9.17) is 4.98 Å². The van der Waals surface area contributed by atoms with Crippen LogP contribution in [0.4, 0.5) is 11.8 Å². The first-order chi connectivity index (χ1) is 12.7. The van der Waals surface area contributed by atoms with Crippen LogP contribution in [0.2, 0.25) is 0 Å². The highest BCUT2D eigenvalue weighted by Gasteiger charge is 2.14. The van der Waals surface area contributed by atoms with E-state index in [2.05, 4.69) is 59.4 Å². The Labute approximate surface area is 157 Å². The van der Waals surface area contributed by atoms with Crippen molar-refractivity contribution in [2.24, 2.45) is 0 Å². The minimum Gasteiger partial charge on any atom is -0.370 e. The third-order valence-electron chi connectivity index (χ3n) is 4.86. The highest BCUT2D eigenvalue weighted by Crippen LogP contribution is 2.21. The lowest BCUT2D eigenvalue weighted by Crippen LogP contribution is -2.31. The van der Waals surface area contributed by atoms with Crippen molar-refractivity contribution in [3.05, 3.63) is 59.8 Å². The van der Waals surface area contributed by atoms with Crippen LogP contribution in [-0.2, 0) is 6.54 Å². The van der Waals surface area contributed by atoms with Crippen molar-refractivity contribution >= 4 is 11.8 Å². The van der Waals surface area contributed by atoms with E-state index in [9.17, 15) is 0 Å². The van der Waals surface area contributed by atoms with E-state index in [0.717, 1.165) is 31.3 Å². The molecule has 0 amide bonds. The van der Waals surface area contributed by atoms with Crippen LogP contribution in [0.1, 0.15) is 51.5 Å². The minimum atomic E-state index is 0.331. The Kier molecular flexibility index (Phi) is 6.64. The predicted molar refractivity (Wildman–Crippen MR) is 109 cm³/mol. The van der Waals surface area contributed by atoms with Gasteiger partial charge in [0.05, 0.1) is 0 Å². The molecule has 4 heteroatoms. The first-order valence-electron chi connectivity index (χ1n) is 9.78. The van der Waals surface area contributed by atoms with Crippen molar-refractivity contribution in [2.45, 2.75) is 58.5 Å². The summed E-state index contributed by atoms with van der Waals surface area (Å²) in [6.45, 7) is 6.11. The first kappa shape index (κ1) is 18.4. The molecule has 0 aliphatic heterocycles. The Balaban J connectivity index is 1.63. The second-order valence-electron chi connectivity index (χ2n) is 7.23. The first-order valence-corrected chi connectivity index (χ1v) is 9.78. The van der Waals surface area contributed by atoms with Gasteiger partial charge in [-0.1, -0.05) is 42.0 Å². The molecule has 1 N–H and O–H groups in total. The quantitative estimate of drug-likeness (QED) is 0.665. The van der Waals surface area contributed by atoms with Gasteiger partial charge in [0.25, 0.3) is 0 Å². The molecule has 3 rings (SSSR count). The average molecular weight is 351 g/mol. The van der Waals surface area contributed by atoms with Gasteiger partial charge in [-0.15, -0.1) is 0 Å². The predicted octanol–water partition coefficient (Wildman–Crippen LogP) is 5.19. The van der Waals surface area contributed by atoms with Gasteiger partial charge in [0.15, 0.2) is 0 Å². The lowest BCUT2D eigenvalue weighted by molar-refractivity contribution is 0.660. The summed E-state index contributed by atoms with van der Waals surface area (Å²) in [4.78, 5) is 11.5. The molecule has 2 aromatic rings. The standard InChI is InChI=1S/C22H30N4/c1-18(2)26(17-20-11-7-4-8-12-20)22-24-16-14-21(25-22)23-15-13-19-9-5-3-6-10-19/h4,7-9,11-12,14,16,18H,3,5-6,10,13,15,17H2,1-2H3,(H,23,24,25). The van der Waals surface area contributed by atoms with Gasteiger partial charge in [0, 0.05) is 25.3 Å². The zero-order valence-electron chi connectivity index (χ0n) is 16.0. The normalized spacial score (nSPS) is 14.2. The molecule has 0 saturated heterocycles. The molecule has 0 atom stereocenters. The lowest BCUT2D eigenvalue weighted by Gasteiger charge is -2.27. The largest absolute Gasteiger partial charge is 0.370 e. The number of allylic oxidation sites excluding steroid dienone is 1. The number of nitrogens with one attached hydrogen (secondary N) is 1. The Morgan fingerprint density at radius 3 is 2.69 bits per heavy atom. The van der Waals surface area contributed by atoms with Gasteiger partial charge in [-0.05, 0) is 57.6 Å². The molecule has 1 aromatic carbocycles. The van der Waals surface area contributed by atoms with Gasteiger partial charge in [-0.25, -0.2) is 4.98 Å². The molecule has 0 spiro atoms. The number of benzene rings is 1. The SMILES string of the molecule is CC(C)N(Cc1ccccc1)c1nccc(NCCC2=CCCCC2)n1. The topological polar surface area (TPSA) is 41.1 Å². The monoisotopic (exact) mass is 350 g/mol. The van der Waals surface area contributed by atoms with Crippen molar-refractivity contribution in [1.29, 1.82) is 0 Å². The van der Waals surface area contributed by atoms with Crippen LogP contribution < -0.4 is 10.2 Å². The molecule has 0 saturated carbocycles. The van der Waals surface area contributed by atoms with E-state index >= 15 is 0 Å². The van der Waals surface area contributed by atoms with Crippen LogP contribution in [0, 0.1) is 0 Å². The fourth-order valence-electron chi connectivity index (χ4n) is 3.33.